The first-order valence-electron chi connectivity index (χ1n) is 6.18. The number of esters is 1. The van der Waals surface area contributed by atoms with Gasteiger partial charge in [0, 0.05) is 12.8 Å². The molecule has 0 aliphatic heterocycles. The predicted octanol–water partition coefficient (Wildman–Crippen LogP) is 2.31. The van der Waals surface area contributed by atoms with Gasteiger partial charge in [-0.3, -0.25) is 0 Å². The number of carbonyl (C=O) groups excluding carboxylic acids is 1. The van der Waals surface area contributed by atoms with Crippen molar-refractivity contribution in [2.45, 2.75) is 18.9 Å². The Labute approximate surface area is 107 Å². The summed E-state index contributed by atoms with van der Waals surface area (Å²) in [6.45, 7) is 0.688. The number of nitrogens with one attached hydrogen (secondary N) is 1. The molecular weight excluding hydrogens is 230 g/mol. The maximum atomic E-state index is 11.4. The molecule has 1 aromatic rings. The van der Waals surface area contributed by atoms with Crippen molar-refractivity contribution in [2.24, 2.45) is 5.92 Å². The predicted molar refractivity (Wildman–Crippen MR) is 69.8 cm³/mol. The first-order valence-corrected chi connectivity index (χ1v) is 6.18. The van der Waals surface area contributed by atoms with Gasteiger partial charge in [-0.05, 0) is 37.0 Å². The lowest BCUT2D eigenvalue weighted by atomic mass is 10.1. The van der Waals surface area contributed by atoms with E-state index in [-0.39, 0.29) is 5.97 Å². The lowest BCUT2D eigenvalue weighted by Gasteiger charge is -2.18. The third kappa shape index (κ3) is 3.23. The first kappa shape index (κ1) is 12.9. The van der Waals surface area contributed by atoms with Gasteiger partial charge in [0.05, 0.1) is 25.3 Å². The Hall–Kier alpha value is -1.55. The van der Waals surface area contributed by atoms with Crippen molar-refractivity contribution < 1.29 is 14.3 Å². The molecule has 0 spiro atoms. The van der Waals surface area contributed by atoms with Crippen molar-refractivity contribution in [1.29, 1.82) is 0 Å². The van der Waals surface area contributed by atoms with Gasteiger partial charge in [0.1, 0.15) is 0 Å². The largest absolute Gasteiger partial charge is 0.465 e. The average Bonchev–Trinajstić information content (AvgIpc) is 3.22. The van der Waals surface area contributed by atoms with E-state index in [0.29, 0.717) is 24.1 Å². The number of carbonyl (C=O) groups is 1. The fourth-order valence-electron chi connectivity index (χ4n) is 2.04. The van der Waals surface area contributed by atoms with Gasteiger partial charge in [-0.25, -0.2) is 4.79 Å². The fraction of sp³-hybridized carbons (Fsp3) is 0.500. The Morgan fingerprint density at radius 2 is 2.22 bits per heavy atom. The molecule has 0 bridgehead atoms. The molecule has 4 heteroatoms. The second kappa shape index (κ2) is 5.87. The summed E-state index contributed by atoms with van der Waals surface area (Å²) in [4.78, 5) is 11.4. The van der Waals surface area contributed by atoms with E-state index >= 15 is 0 Å². The molecule has 18 heavy (non-hydrogen) atoms. The van der Waals surface area contributed by atoms with E-state index in [1.54, 1.807) is 13.2 Å². The monoisotopic (exact) mass is 249 g/mol. The van der Waals surface area contributed by atoms with Crippen LogP contribution in [0.25, 0.3) is 0 Å². The molecule has 4 nitrogen and oxygen atoms in total. The Kier molecular flexibility index (Phi) is 4.20. The smallest absolute Gasteiger partial charge is 0.337 e. The second-order valence-corrected chi connectivity index (χ2v) is 4.62. The highest BCUT2D eigenvalue weighted by Gasteiger charge is 2.31. The van der Waals surface area contributed by atoms with Gasteiger partial charge in [0.25, 0.3) is 0 Å². The molecular formula is C14H19NO3. The standard InChI is InChI=1S/C14H19NO3/c1-17-9-13(10-6-7-10)15-12-5-3-4-11(8-12)14(16)18-2/h3-5,8,10,13,15H,6-7,9H2,1-2H3. The lowest BCUT2D eigenvalue weighted by Crippen LogP contribution is -2.27. The van der Waals surface area contributed by atoms with Crippen LogP contribution in [0.3, 0.4) is 0 Å². The molecule has 0 heterocycles. The van der Waals surface area contributed by atoms with Crippen LogP contribution in [0.1, 0.15) is 23.2 Å². The number of methoxy groups -OCH3 is 2. The van der Waals surface area contributed by atoms with E-state index in [1.807, 2.05) is 18.2 Å². The molecule has 98 valence electrons. The van der Waals surface area contributed by atoms with E-state index < -0.39 is 0 Å². The summed E-state index contributed by atoms with van der Waals surface area (Å²) in [5.74, 6) is 0.375. The normalized spacial score (nSPS) is 16.1. The van der Waals surface area contributed by atoms with Crippen molar-refractivity contribution in [2.75, 3.05) is 26.1 Å². The second-order valence-electron chi connectivity index (χ2n) is 4.62. The maximum absolute atomic E-state index is 11.4. The molecule has 1 aromatic carbocycles. The summed E-state index contributed by atoms with van der Waals surface area (Å²) in [6.07, 6.45) is 2.50. The maximum Gasteiger partial charge on any atom is 0.337 e. The van der Waals surface area contributed by atoms with Gasteiger partial charge in [0.2, 0.25) is 0 Å². The topological polar surface area (TPSA) is 47.6 Å². The van der Waals surface area contributed by atoms with E-state index in [1.165, 1.54) is 20.0 Å². The summed E-state index contributed by atoms with van der Waals surface area (Å²) in [6, 6.07) is 7.70. The minimum atomic E-state index is -0.312. The molecule has 1 saturated carbocycles. The molecule has 1 fully saturated rings. The van der Waals surface area contributed by atoms with Crippen LogP contribution in [0.4, 0.5) is 5.69 Å². The van der Waals surface area contributed by atoms with Crippen LogP contribution in [0, 0.1) is 5.92 Å². The number of hydrogen-bond donors (Lipinski definition) is 1. The molecule has 1 aliphatic carbocycles. The third-order valence-corrected chi connectivity index (χ3v) is 3.17. The highest BCUT2D eigenvalue weighted by atomic mass is 16.5. The van der Waals surface area contributed by atoms with Crippen LogP contribution in [-0.4, -0.2) is 32.8 Å². The summed E-state index contributed by atoms with van der Waals surface area (Å²) >= 11 is 0. The Morgan fingerprint density at radius 3 is 2.83 bits per heavy atom. The van der Waals surface area contributed by atoms with Crippen molar-refractivity contribution in [3.8, 4) is 0 Å². The summed E-state index contributed by atoms with van der Waals surface area (Å²) < 4.78 is 9.93. The average molecular weight is 249 g/mol. The number of rotatable bonds is 6. The SMILES string of the molecule is COCC(Nc1cccc(C(=O)OC)c1)C1CC1. The molecule has 1 aliphatic rings. The molecule has 0 aromatic heterocycles. The van der Waals surface area contributed by atoms with Gasteiger partial charge in [0.15, 0.2) is 0 Å². The van der Waals surface area contributed by atoms with Crippen molar-refractivity contribution in [3.05, 3.63) is 29.8 Å². The zero-order chi connectivity index (χ0) is 13.0. The van der Waals surface area contributed by atoms with Gasteiger partial charge >= 0.3 is 5.97 Å². The van der Waals surface area contributed by atoms with Crippen LogP contribution < -0.4 is 5.32 Å². The van der Waals surface area contributed by atoms with Gasteiger partial charge in [-0.1, -0.05) is 6.07 Å². The fourth-order valence-corrected chi connectivity index (χ4v) is 2.04. The van der Waals surface area contributed by atoms with E-state index in [2.05, 4.69) is 5.32 Å². The Bertz CT molecular complexity index is 415. The Balaban J connectivity index is 2.05. The minimum absolute atomic E-state index is 0.312. The van der Waals surface area contributed by atoms with Gasteiger partial charge in [-0.2, -0.15) is 0 Å². The minimum Gasteiger partial charge on any atom is -0.465 e. The molecule has 1 atom stereocenters. The lowest BCUT2D eigenvalue weighted by molar-refractivity contribution is 0.0601. The van der Waals surface area contributed by atoms with Crippen LogP contribution in [0.15, 0.2) is 24.3 Å². The summed E-state index contributed by atoms with van der Waals surface area (Å²) in [5.41, 5.74) is 1.50. The zero-order valence-corrected chi connectivity index (χ0v) is 10.8. The molecule has 0 amide bonds. The number of benzene rings is 1. The molecule has 1 unspecified atom stereocenters. The van der Waals surface area contributed by atoms with Crippen molar-refractivity contribution in [1.82, 2.24) is 0 Å². The summed E-state index contributed by atoms with van der Waals surface area (Å²) in [7, 11) is 3.10. The first-order chi connectivity index (χ1) is 8.74. The highest BCUT2D eigenvalue weighted by Crippen LogP contribution is 2.34. The van der Waals surface area contributed by atoms with Crippen LogP contribution in [-0.2, 0) is 9.47 Å². The molecule has 0 saturated heterocycles. The number of hydrogen-bond acceptors (Lipinski definition) is 4. The van der Waals surface area contributed by atoms with E-state index in [9.17, 15) is 4.79 Å². The van der Waals surface area contributed by atoms with E-state index in [4.69, 9.17) is 9.47 Å². The zero-order valence-electron chi connectivity index (χ0n) is 10.8. The number of ether oxygens (including phenoxy) is 2. The molecule has 0 radical (unpaired) electrons. The molecule has 1 N–H and O–H groups in total. The van der Waals surface area contributed by atoms with Gasteiger partial charge in [-0.15, -0.1) is 0 Å². The van der Waals surface area contributed by atoms with Crippen LogP contribution in [0.5, 0.6) is 0 Å². The van der Waals surface area contributed by atoms with Crippen molar-refractivity contribution >= 4 is 11.7 Å². The third-order valence-electron chi connectivity index (χ3n) is 3.17. The quantitative estimate of drug-likeness (QED) is 0.786. The highest BCUT2D eigenvalue weighted by molar-refractivity contribution is 5.90. The van der Waals surface area contributed by atoms with Gasteiger partial charge < -0.3 is 14.8 Å². The summed E-state index contributed by atoms with van der Waals surface area (Å²) in [5, 5.41) is 3.43. The number of anilines is 1. The molecule has 2 rings (SSSR count). The van der Waals surface area contributed by atoms with Crippen LogP contribution >= 0.6 is 0 Å². The van der Waals surface area contributed by atoms with Crippen LogP contribution in [0.2, 0.25) is 0 Å². The Morgan fingerprint density at radius 1 is 1.44 bits per heavy atom. The van der Waals surface area contributed by atoms with E-state index in [0.717, 1.165) is 5.69 Å². The van der Waals surface area contributed by atoms with Crippen molar-refractivity contribution in [3.63, 3.8) is 0 Å².